The molecule has 0 saturated heterocycles. The van der Waals surface area contributed by atoms with E-state index in [0.29, 0.717) is 16.1 Å². The number of ketones is 1. The van der Waals surface area contributed by atoms with Crippen molar-refractivity contribution in [3.05, 3.63) is 57.3 Å². The van der Waals surface area contributed by atoms with E-state index in [1.165, 1.54) is 0 Å². The molecule has 0 aliphatic carbocycles. The number of thiophene rings is 1. The number of nitrogen functional groups attached to an aromatic ring is 1. The number of hydrogen-bond acceptors (Lipinski definition) is 4. The fraction of sp³-hybridized carbons (Fsp3) is 0.133. The summed E-state index contributed by atoms with van der Waals surface area (Å²) in [6.07, 6.45) is 0.192. The van der Waals surface area contributed by atoms with Gasteiger partial charge in [-0.3, -0.25) is 9.59 Å². The lowest BCUT2D eigenvalue weighted by atomic mass is 10.0. The Balaban J connectivity index is 2.26. The van der Waals surface area contributed by atoms with E-state index in [9.17, 15) is 9.59 Å². The van der Waals surface area contributed by atoms with Gasteiger partial charge in [-0.1, -0.05) is 24.3 Å². The topological polar surface area (TPSA) is 90.5 Å². The van der Waals surface area contributed by atoms with Gasteiger partial charge in [0, 0.05) is 6.42 Å². The molecule has 0 aliphatic rings. The molecule has 5 nitrogen and oxygen atoms in total. The molecule has 0 atom stereocenters. The minimum atomic E-state index is -0.623. The first kappa shape index (κ1) is 14.8. The largest absolute Gasteiger partial charge is 0.390 e. The Labute approximate surface area is 126 Å². The van der Waals surface area contributed by atoms with Crippen molar-refractivity contribution in [3.8, 4) is 0 Å². The summed E-state index contributed by atoms with van der Waals surface area (Å²) in [6, 6.07) is 6.82. The molecule has 1 aromatic heterocycles. The summed E-state index contributed by atoms with van der Waals surface area (Å²) in [5, 5.41) is 0.270. The van der Waals surface area contributed by atoms with Crippen molar-refractivity contribution in [1.29, 1.82) is 0 Å². The molecule has 1 heterocycles. The predicted octanol–water partition coefficient (Wildman–Crippen LogP) is 2.71. The third-order valence-corrected chi connectivity index (χ3v) is 4.27. The highest BCUT2D eigenvalue weighted by atomic mass is 32.1. The van der Waals surface area contributed by atoms with E-state index < -0.39 is 5.91 Å². The average molecular weight is 299 g/mol. The van der Waals surface area contributed by atoms with Crippen LogP contribution in [0, 0.1) is 13.5 Å². The van der Waals surface area contributed by atoms with Crippen LogP contribution in [-0.4, -0.2) is 11.7 Å². The van der Waals surface area contributed by atoms with Crippen LogP contribution in [0.1, 0.15) is 31.2 Å². The summed E-state index contributed by atoms with van der Waals surface area (Å²) >= 11 is 1.08. The number of nitrogens with two attached hydrogens (primary N) is 2. The van der Waals surface area contributed by atoms with Crippen LogP contribution in [-0.2, 0) is 6.42 Å². The van der Waals surface area contributed by atoms with Crippen LogP contribution in [0.2, 0.25) is 0 Å². The van der Waals surface area contributed by atoms with Crippen LogP contribution in [0.3, 0.4) is 0 Å². The van der Waals surface area contributed by atoms with Gasteiger partial charge in [-0.05, 0) is 18.1 Å². The summed E-state index contributed by atoms with van der Waals surface area (Å²) in [5.74, 6) is -0.742. The molecule has 106 valence electrons. The van der Waals surface area contributed by atoms with Crippen molar-refractivity contribution in [2.24, 2.45) is 5.73 Å². The van der Waals surface area contributed by atoms with E-state index in [1.807, 2.05) is 0 Å². The molecule has 1 amide bonds. The minimum Gasteiger partial charge on any atom is -0.390 e. The standard InChI is InChI=1S/C15H13N3O2S/c1-8-12(14(16)20)15(17)21-13(8)11(19)7-9-3-5-10(18-2)6-4-9/h3-6H,7,17H2,1H3,(H2,16,20). The number of amides is 1. The van der Waals surface area contributed by atoms with Gasteiger partial charge in [0.05, 0.1) is 22.0 Å². The molecule has 0 radical (unpaired) electrons. The molecular formula is C15H13N3O2S. The van der Waals surface area contributed by atoms with Crippen LogP contribution in [0.5, 0.6) is 0 Å². The van der Waals surface area contributed by atoms with Gasteiger partial charge in [-0.2, -0.15) is 0 Å². The predicted molar refractivity (Wildman–Crippen MR) is 82.7 cm³/mol. The van der Waals surface area contributed by atoms with Gasteiger partial charge in [-0.25, -0.2) is 4.85 Å². The quantitative estimate of drug-likeness (QED) is 0.671. The second-order valence-electron chi connectivity index (χ2n) is 4.54. The molecular weight excluding hydrogens is 286 g/mol. The first-order chi connectivity index (χ1) is 9.93. The Morgan fingerprint density at radius 1 is 1.29 bits per heavy atom. The number of rotatable bonds is 4. The van der Waals surface area contributed by atoms with E-state index in [0.717, 1.165) is 16.9 Å². The molecule has 2 aromatic rings. The van der Waals surface area contributed by atoms with Crippen LogP contribution in [0.15, 0.2) is 24.3 Å². The number of anilines is 1. The Morgan fingerprint density at radius 2 is 1.90 bits per heavy atom. The summed E-state index contributed by atoms with van der Waals surface area (Å²) < 4.78 is 0. The van der Waals surface area contributed by atoms with Gasteiger partial charge in [-0.15, -0.1) is 11.3 Å². The number of carbonyl (C=O) groups is 2. The lowest BCUT2D eigenvalue weighted by Crippen LogP contribution is -2.13. The van der Waals surface area contributed by atoms with Crippen molar-refractivity contribution >= 4 is 33.7 Å². The molecule has 0 saturated carbocycles. The van der Waals surface area contributed by atoms with E-state index in [4.69, 9.17) is 18.0 Å². The number of carbonyl (C=O) groups excluding carboxylic acids is 2. The molecule has 2 rings (SSSR count). The fourth-order valence-electron chi connectivity index (χ4n) is 2.06. The number of Topliss-reactive ketones (excluding diaryl/α,β-unsaturated/α-hetero) is 1. The van der Waals surface area contributed by atoms with E-state index >= 15 is 0 Å². The van der Waals surface area contributed by atoms with Crippen molar-refractivity contribution in [2.45, 2.75) is 13.3 Å². The third kappa shape index (κ3) is 2.93. The average Bonchev–Trinajstić information content (AvgIpc) is 2.75. The van der Waals surface area contributed by atoms with Crippen LogP contribution in [0.25, 0.3) is 4.85 Å². The zero-order valence-electron chi connectivity index (χ0n) is 11.3. The highest BCUT2D eigenvalue weighted by Gasteiger charge is 2.21. The second kappa shape index (κ2) is 5.77. The maximum Gasteiger partial charge on any atom is 0.251 e. The summed E-state index contributed by atoms with van der Waals surface area (Å²) in [6.45, 7) is 8.56. The molecule has 0 bridgehead atoms. The van der Waals surface area contributed by atoms with Crippen LogP contribution < -0.4 is 11.5 Å². The van der Waals surface area contributed by atoms with Crippen LogP contribution >= 0.6 is 11.3 Å². The Morgan fingerprint density at radius 3 is 2.38 bits per heavy atom. The summed E-state index contributed by atoms with van der Waals surface area (Å²) in [4.78, 5) is 27.4. The first-order valence-electron chi connectivity index (χ1n) is 6.12. The van der Waals surface area contributed by atoms with Crippen molar-refractivity contribution in [2.75, 3.05) is 5.73 Å². The monoisotopic (exact) mass is 299 g/mol. The maximum atomic E-state index is 12.3. The summed E-state index contributed by atoms with van der Waals surface area (Å²) in [7, 11) is 0. The molecule has 21 heavy (non-hydrogen) atoms. The number of hydrogen-bond donors (Lipinski definition) is 2. The van der Waals surface area contributed by atoms with Crippen LogP contribution in [0.4, 0.5) is 10.7 Å². The van der Waals surface area contributed by atoms with E-state index in [2.05, 4.69) is 4.85 Å². The molecule has 6 heteroatoms. The summed E-state index contributed by atoms with van der Waals surface area (Å²) in [5.41, 5.74) is 13.1. The molecule has 0 unspecified atom stereocenters. The van der Waals surface area contributed by atoms with Gasteiger partial charge in [0.2, 0.25) is 0 Å². The van der Waals surface area contributed by atoms with Crippen molar-refractivity contribution in [3.63, 3.8) is 0 Å². The maximum absolute atomic E-state index is 12.3. The van der Waals surface area contributed by atoms with Gasteiger partial charge in [0.25, 0.3) is 5.91 Å². The second-order valence-corrected chi connectivity index (χ2v) is 5.59. The molecule has 4 N–H and O–H groups in total. The smallest absolute Gasteiger partial charge is 0.251 e. The van der Waals surface area contributed by atoms with Crippen molar-refractivity contribution < 1.29 is 9.59 Å². The minimum absolute atomic E-state index is 0.118. The van der Waals surface area contributed by atoms with Gasteiger partial charge < -0.3 is 11.5 Å². The Kier molecular flexibility index (Phi) is 4.05. The third-order valence-electron chi connectivity index (χ3n) is 3.10. The molecule has 0 fully saturated rings. The Bertz CT molecular complexity index is 754. The molecule has 1 aromatic carbocycles. The van der Waals surface area contributed by atoms with Gasteiger partial charge in [0.1, 0.15) is 0 Å². The molecule has 0 aliphatic heterocycles. The zero-order chi connectivity index (χ0) is 15.6. The highest BCUT2D eigenvalue weighted by molar-refractivity contribution is 7.18. The van der Waals surface area contributed by atoms with Gasteiger partial charge in [0.15, 0.2) is 11.5 Å². The normalized spacial score (nSPS) is 10.1. The number of primary amides is 1. The highest BCUT2D eigenvalue weighted by Crippen LogP contribution is 2.31. The zero-order valence-corrected chi connectivity index (χ0v) is 12.2. The van der Waals surface area contributed by atoms with Gasteiger partial charge >= 0.3 is 0 Å². The SMILES string of the molecule is [C-]#[N+]c1ccc(CC(=O)c2sc(N)c(C(N)=O)c2C)cc1. The fourth-order valence-corrected chi connectivity index (χ4v) is 3.08. The van der Waals surface area contributed by atoms with E-state index in [-0.39, 0.29) is 22.8 Å². The van der Waals surface area contributed by atoms with E-state index in [1.54, 1.807) is 31.2 Å². The Hall–Kier alpha value is -2.65. The lowest BCUT2D eigenvalue weighted by molar-refractivity contribution is 0.0995. The number of nitrogens with zero attached hydrogens (tertiary/aromatic N) is 1. The molecule has 0 spiro atoms. The number of benzene rings is 1. The first-order valence-corrected chi connectivity index (χ1v) is 6.94. The lowest BCUT2D eigenvalue weighted by Gasteiger charge is -2.01. The van der Waals surface area contributed by atoms with Crippen molar-refractivity contribution in [1.82, 2.24) is 0 Å².